The van der Waals surface area contributed by atoms with Crippen molar-refractivity contribution in [2.24, 2.45) is 5.92 Å². The molecule has 0 aliphatic heterocycles. The van der Waals surface area contributed by atoms with Crippen LogP contribution in [0.25, 0.3) is 0 Å². The monoisotopic (exact) mass is 232 g/mol. The van der Waals surface area contributed by atoms with Crippen LogP contribution < -0.4 is 0 Å². The first kappa shape index (κ1) is 12.3. The SMILES string of the molecule is COC(C(=O)CC1Cc2ccccc21)C(C)C. The molecule has 2 heteroatoms. The van der Waals surface area contributed by atoms with Gasteiger partial charge in [-0.25, -0.2) is 0 Å². The highest BCUT2D eigenvalue weighted by Gasteiger charge is 2.31. The third kappa shape index (κ3) is 2.42. The molecule has 2 nitrogen and oxygen atoms in total. The van der Waals surface area contributed by atoms with Crippen LogP contribution >= 0.6 is 0 Å². The zero-order valence-corrected chi connectivity index (χ0v) is 10.8. The predicted octanol–water partition coefficient (Wildman–Crippen LogP) is 2.96. The average molecular weight is 232 g/mol. The molecule has 0 saturated heterocycles. The molecule has 1 aliphatic rings. The maximum atomic E-state index is 12.1. The summed E-state index contributed by atoms with van der Waals surface area (Å²) >= 11 is 0. The fraction of sp³-hybridized carbons (Fsp3) is 0.533. The second-order valence-corrected chi connectivity index (χ2v) is 5.17. The number of carbonyl (C=O) groups excluding carboxylic acids is 1. The summed E-state index contributed by atoms with van der Waals surface area (Å²) in [5.74, 6) is 0.903. The van der Waals surface area contributed by atoms with Crippen LogP contribution in [0.2, 0.25) is 0 Å². The van der Waals surface area contributed by atoms with Gasteiger partial charge in [-0.1, -0.05) is 38.1 Å². The predicted molar refractivity (Wildman–Crippen MR) is 68.1 cm³/mol. The van der Waals surface area contributed by atoms with Crippen LogP contribution in [-0.4, -0.2) is 19.0 Å². The topological polar surface area (TPSA) is 26.3 Å². The van der Waals surface area contributed by atoms with E-state index in [1.807, 2.05) is 19.9 Å². The van der Waals surface area contributed by atoms with Crippen LogP contribution in [0.4, 0.5) is 0 Å². The maximum absolute atomic E-state index is 12.1. The number of hydrogen-bond donors (Lipinski definition) is 0. The summed E-state index contributed by atoms with van der Waals surface area (Å²) in [6.07, 6.45) is 1.41. The van der Waals surface area contributed by atoms with Crippen molar-refractivity contribution < 1.29 is 9.53 Å². The summed E-state index contributed by atoms with van der Waals surface area (Å²) in [7, 11) is 1.62. The Bertz CT molecular complexity index is 409. The molecule has 92 valence electrons. The highest BCUT2D eigenvalue weighted by Crippen LogP contribution is 2.37. The highest BCUT2D eigenvalue weighted by molar-refractivity contribution is 5.84. The van der Waals surface area contributed by atoms with E-state index in [0.29, 0.717) is 12.3 Å². The fourth-order valence-electron chi connectivity index (χ4n) is 2.68. The first-order valence-corrected chi connectivity index (χ1v) is 6.26. The molecule has 1 aliphatic carbocycles. The van der Waals surface area contributed by atoms with Gasteiger partial charge in [0.05, 0.1) is 0 Å². The number of benzene rings is 1. The Hall–Kier alpha value is -1.15. The van der Waals surface area contributed by atoms with Gasteiger partial charge in [0.25, 0.3) is 0 Å². The summed E-state index contributed by atoms with van der Waals surface area (Å²) in [4.78, 5) is 12.1. The first-order chi connectivity index (χ1) is 8.13. The van der Waals surface area contributed by atoms with Crippen molar-refractivity contribution in [3.8, 4) is 0 Å². The number of rotatable bonds is 5. The van der Waals surface area contributed by atoms with E-state index in [4.69, 9.17) is 4.74 Å². The van der Waals surface area contributed by atoms with Crippen molar-refractivity contribution in [2.75, 3.05) is 7.11 Å². The number of methoxy groups -OCH3 is 1. The van der Waals surface area contributed by atoms with E-state index in [1.165, 1.54) is 11.1 Å². The number of Topliss-reactive ketones (excluding diaryl/α,β-unsaturated/α-hetero) is 1. The largest absolute Gasteiger partial charge is 0.373 e. The Balaban J connectivity index is 1.98. The summed E-state index contributed by atoms with van der Waals surface area (Å²) < 4.78 is 5.28. The Morgan fingerprint density at radius 2 is 2.12 bits per heavy atom. The standard InChI is InChI=1S/C15H20O2/c1-10(2)15(17-3)14(16)9-12-8-11-6-4-5-7-13(11)12/h4-7,10,12,15H,8-9H2,1-3H3. The van der Waals surface area contributed by atoms with Crippen LogP contribution in [0.15, 0.2) is 24.3 Å². The third-order valence-electron chi connectivity index (χ3n) is 3.59. The van der Waals surface area contributed by atoms with E-state index in [0.717, 1.165) is 6.42 Å². The van der Waals surface area contributed by atoms with Crippen LogP contribution in [0.1, 0.15) is 37.3 Å². The molecule has 2 atom stereocenters. The van der Waals surface area contributed by atoms with Crippen LogP contribution in [0, 0.1) is 5.92 Å². The van der Waals surface area contributed by atoms with Crippen molar-refractivity contribution in [2.45, 2.75) is 38.7 Å². The van der Waals surface area contributed by atoms with Gasteiger partial charge in [-0.2, -0.15) is 0 Å². The molecule has 0 fully saturated rings. The third-order valence-corrected chi connectivity index (χ3v) is 3.59. The molecular formula is C15H20O2. The van der Waals surface area contributed by atoms with Crippen LogP contribution in [0.3, 0.4) is 0 Å². The van der Waals surface area contributed by atoms with Gasteiger partial charge in [-0.15, -0.1) is 0 Å². The number of ether oxygens (including phenoxy) is 1. The van der Waals surface area contributed by atoms with Crippen molar-refractivity contribution in [1.82, 2.24) is 0 Å². The number of hydrogen-bond acceptors (Lipinski definition) is 2. The molecule has 1 aromatic carbocycles. The number of ketones is 1. The van der Waals surface area contributed by atoms with Gasteiger partial charge in [0.15, 0.2) is 5.78 Å². The zero-order valence-electron chi connectivity index (χ0n) is 10.8. The van der Waals surface area contributed by atoms with Gasteiger partial charge >= 0.3 is 0 Å². The normalized spacial score (nSPS) is 19.6. The quantitative estimate of drug-likeness (QED) is 0.780. The number of carbonyl (C=O) groups is 1. The van der Waals surface area contributed by atoms with Crippen molar-refractivity contribution in [3.63, 3.8) is 0 Å². The van der Waals surface area contributed by atoms with E-state index >= 15 is 0 Å². The van der Waals surface area contributed by atoms with Gasteiger partial charge < -0.3 is 4.74 Å². The van der Waals surface area contributed by atoms with Gasteiger partial charge in [-0.05, 0) is 29.4 Å². The van der Waals surface area contributed by atoms with Crippen molar-refractivity contribution >= 4 is 5.78 Å². The van der Waals surface area contributed by atoms with E-state index in [1.54, 1.807) is 7.11 Å². The Kier molecular flexibility index (Phi) is 3.63. The average Bonchev–Trinajstić information content (AvgIpc) is 2.26. The van der Waals surface area contributed by atoms with Gasteiger partial charge in [0.1, 0.15) is 6.10 Å². The van der Waals surface area contributed by atoms with Gasteiger partial charge in [0.2, 0.25) is 0 Å². The fourth-order valence-corrected chi connectivity index (χ4v) is 2.68. The van der Waals surface area contributed by atoms with Crippen molar-refractivity contribution in [3.05, 3.63) is 35.4 Å². The second kappa shape index (κ2) is 5.01. The minimum atomic E-state index is -0.247. The lowest BCUT2D eigenvalue weighted by molar-refractivity contribution is -0.131. The molecule has 0 N–H and O–H groups in total. The molecule has 0 saturated carbocycles. The molecule has 0 radical (unpaired) electrons. The van der Waals surface area contributed by atoms with Gasteiger partial charge in [-0.3, -0.25) is 4.79 Å². The Morgan fingerprint density at radius 1 is 1.41 bits per heavy atom. The highest BCUT2D eigenvalue weighted by atomic mass is 16.5. The minimum absolute atomic E-state index is 0.238. The molecule has 1 aromatic rings. The summed E-state index contributed by atoms with van der Waals surface area (Å²) in [6, 6.07) is 8.38. The zero-order chi connectivity index (χ0) is 12.4. The van der Waals surface area contributed by atoms with Crippen molar-refractivity contribution in [1.29, 1.82) is 0 Å². The minimum Gasteiger partial charge on any atom is -0.373 e. The smallest absolute Gasteiger partial charge is 0.162 e. The second-order valence-electron chi connectivity index (χ2n) is 5.17. The lowest BCUT2D eigenvalue weighted by Gasteiger charge is -2.31. The Labute approximate surface area is 103 Å². The first-order valence-electron chi connectivity index (χ1n) is 6.26. The molecule has 0 bridgehead atoms. The molecule has 0 spiro atoms. The Morgan fingerprint density at radius 3 is 2.71 bits per heavy atom. The molecule has 0 aromatic heterocycles. The molecule has 17 heavy (non-hydrogen) atoms. The molecule has 0 amide bonds. The molecular weight excluding hydrogens is 212 g/mol. The maximum Gasteiger partial charge on any atom is 0.162 e. The molecule has 0 heterocycles. The van der Waals surface area contributed by atoms with E-state index < -0.39 is 0 Å². The summed E-state index contributed by atoms with van der Waals surface area (Å²) in [5, 5.41) is 0. The van der Waals surface area contributed by atoms with E-state index in [-0.39, 0.29) is 17.8 Å². The molecule has 2 rings (SSSR count). The van der Waals surface area contributed by atoms with Crippen LogP contribution in [-0.2, 0) is 16.0 Å². The van der Waals surface area contributed by atoms with E-state index in [9.17, 15) is 4.79 Å². The van der Waals surface area contributed by atoms with E-state index in [2.05, 4.69) is 18.2 Å². The lowest BCUT2D eigenvalue weighted by atomic mass is 9.74. The van der Waals surface area contributed by atoms with Crippen LogP contribution in [0.5, 0.6) is 0 Å². The molecule has 2 unspecified atom stereocenters. The van der Waals surface area contributed by atoms with Gasteiger partial charge in [0, 0.05) is 13.5 Å². The summed E-state index contributed by atoms with van der Waals surface area (Å²) in [6.45, 7) is 4.06. The summed E-state index contributed by atoms with van der Waals surface area (Å²) in [5.41, 5.74) is 2.74. The number of fused-ring (bicyclic) bond motifs is 1. The lowest BCUT2D eigenvalue weighted by Crippen LogP contribution is -2.31.